The van der Waals surface area contributed by atoms with Crippen LogP contribution in [0.2, 0.25) is 0 Å². The van der Waals surface area contributed by atoms with Crippen LogP contribution in [0.1, 0.15) is 11.1 Å². The van der Waals surface area contributed by atoms with Gasteiger partial charge in [-0.05, 0) is 30.2 Å². The molecule has 5 heteroatoms. The average molecular weight is 300 g/mol. The minimum atomic E-state index is -0.828. The third-order valence-electron chi connectivity index (χ3n) is 3.71. The third-order valence-corrected chi connectivity index (χ3v) is 3.71. The summed E-state index contributed by atoms with van der Waals surface area (Å²) in [4.78, 5) is 11.7. The maximum atomic E-state index is 11.7. The van der Waals surface area contributed by atoms with Crippen molar-refractivity contribution in [1.29, 1.82) is 0 Å². The quantitative estimate of drug-likeness (QED) is 0.673. The van der Waals surface area contributed by atoms with E-state index in [1.54, 1.807) is 24.3 Å². The fraction of sp³-hybridized carbons (Fsp3) is 0.235. The highest BCUT2D eigenvalue weighted by Crippen LogP contribution is 2.28. The van der Waals surface area contributed by atoms with Crippen molar-refractivity contribution in [2.75, 3.05) is 13.2 Å². The van der Waals surface area contributed by atoms with Gasteiger partial charge in [-0.2, -0.15) is 0 Å². The summed E-state index contributed by atoms with van der Waals surface area (Å²) < 4.78 is 0. The Bertz CT molecular complexity index is 631. The maximum Gasteiger partial charge on any atom is 0.248 e. The Morgan fingerprint density at radius 3 is 2.18 bits per heavy atom. The van der Waals surface area contributed by atoms with Crippen molar-refractivity contribution in [1.82, 2.24) is 10.9 Å². The maximum absolute atomic E-state index is 11.7. The highest BCUT2D eigenvalue weighted by atomic mass is 16.3. The van der Waals surface area contributed by atoms with Gasteiger partial charge in [0.05, 0.1) is 6.61 Å². The number of para-hydroxylation sites is 1. The second-order valence-electron chi connectivity index (χ2n) is 5.20. The van der Waals surface area contributed by atoms with Crippen LogP contribution in [-0.2, 0) is 10.2 Å². The number of rotatable bonds is 2. The zero-order valence-electron chi connectivity index (χ0n) is 12.4. The molecule has 1 atom stereocenters. The van der Waals surface area contributed by atoms with E-state index in [0.29, 0.717) is 12.3 Å². The molecule has 22 heavy (non-hydrogen) atoms. The van der Waals surface area contributed by atoms with Gasteiger partial charge in [0.1, 0.15) is 11.2 Å². The third kappa shape index (κ3) is 3.27. The Hall–Kier alpha value is -2.37. The van der Waals surface area contributed by atoms with Gasteiger partial charge in [-0.25, -0.2) is 5.43 Å². The first-order valence-corrected chi connectivity index (χ1v) is 7.04. The van der Waals surface area contributed by atoms with E-state index >= 15 is 0 Å². The molecule has 1 aliphatic rings. The van der Waals surface area contributed by atoms with Crippen LogP contribution in [0.4, 0.5) is 0 Å². The molecular formula is C17H20N2O3. The average Bonchev–Trinajstić information content (AvgIpc) is 2.91. The van der Waals surface area contributed by atoms with Crippen molar-refractivity contribution in [2.45, 2.75) is 12.3 Å². The van der Waals surface area contributed by atoms with Gasteiger partial charge in [-0.15, -0.1) is 0 Å². The topological polar surface area (TPSA) is 81.6 Å². The highest BCUT2D eigenvalue weighted by Gasteiger charge is 2.44. The summed E-state index contributed by atoms with van der Waals surface area (Å²) >= 11 is 0. The largest absolute Gasteiger partial charge is 0.508 e. The molecular weight excluding hydrogens is 280 g/mol. The van der Waals surface area contributed by atoms with Gasteiger partial charge in [0, 0.05) is 6.54 Å². The van der Waals surface area contributed by atoms with Crippen molar-refractivity contribution < 1.29 is 15.0 Å². The second kappa shape index (κ2) is 7.06. The summed E-state index contributed by atoms with van der Waals surface area (Å²) in [6.45, 7) is 2.18. The molecule has 3 rings (SSSR count). The molecule has 0 spiro atoms. The molecule has 2 aromatic carbocycles. The van der Waals surface area contributed by atoms with E-state index in [-0.39, 0.29) is 12.5 Å². The van der Waals surface area contributed by atoms with Crippen molar-refractivity contribution in [3.05, 3.63) is 65.7 Å². The number of phenols is 1. The Labute approximate surface area is 129 Å². The van der Waals surface area contributed by atoms with Crippen molar-refractivity contribution in [3.63, 3.8) is 0 Å². The number of nitrogens with one attached hydrogen (secondary N) is 2. The lowest BCUT2D eigenvalue weighted by molar-refractivity contribution is -0.125. The van der Waals surface area contributed by atoms with Crippen LogP contribution in [0.15, 0.2) is 54.6 Å². The number of aryl methyl sites for hydroxylation is 1. The van der Waals surface area contributed by atoms with E-state index in [2.05, 4.69) is 10.9 Å². The number of phenolic OH excluding ortho intramolecular Hbond substituents is 1. The molecule has 4 N–H and O–H groups in total. The molecule has 2 aromatic rings. The van der Waals surface area contributed by atoms with E-state index in [4.69, 9.17) is 5.11 Å². The van der Waals surface area contributed by atoms with E-state index in [0.717, 1.165) is 11.1 Å². The van der Waals surface area contributed by atoms with Gasteiger partial charge < -0.3 is 10.2 Å². The fourth-order valence-electron chi connectivity index (χ4n) is 2.44. The molecule has 0 aliphatic carbocycles. The first-order chi connectivity index (χ1) is 10.6. The summed E-state index contributed by atoms with van der Waals surface area (Å²) in [7, 11) is 0. The first-order valence-electron chi connectivity index (χ1n) is 7.04. The number of hydrogen-bond acceptors (Lipinski definition) is 4. The predicted molar refractivity (Wildman–Crippen MR) is 84.2 cm³/mol. The van der Waals surface area contributed by atoms with E-state index in [1.807, 2.05) is 37.3 Å². The number of carbonyl (C=O) groups excluding carboxylic acids is 1. The molecule has 5 nitrogen and oxygen atoms in total. The van der Waals surface area contributed by atoms with Crippen molar-refractivity contribution >= 4 is 5.91 Å². The minimum Gasteiger partial charge on any atom is -0.508 e. The summed E-state index contributed by atoms with van der Waals surface area (Å²) in [6, 6.07) is 16.3. The van der Waals surface area contributed by atoms with Crippen molar-refractivity contribution in [3.8, 4) is 5.75 Å². The summed E-state index contributed by atoms with van der Waals surface area (Å²) in [6.07, 6.45) is 0. The number of carbonyl (C=O) groups is 1. The van der Waals surface area contributed by atoms with E-state index < -0.39 is 5.41 Å². The Kier molecular flexibility index (Phi) is 5.14. The van der Waals surface area contributed by atoms with Gasteiger partial charge in [-0.1, -0.05) is 42.5 Å². The number of amides is 1. The van der Waals surface area contributed by atoms with E-state index in [9.17, 15) is 9.90 Å². The molecule has 1 fully saturated rings. The minimum absolute atomic E-state index is 0.167. The normalized spacial score (nSPS) is 20.0. The van der Waals surface area contributed by atoms with Crippen LogP contribution in [0.5, 0.6) is 5.75 Å². The van der Waals surface area contributed by atoms with Crippen LogP contribution in [-0.4, -0.2) is 29.3 Å². The summed E-state index contributed by atoms with van der Waals surface area (Å²) in [5.41, 5.74) is 6.39. The molecule has 1 unspecified atom stereocenters. The number of aliphatic hydroxyl groups is 1. The summed E-state index contributed by atoms with van der Waals surface area (Å²) in [5.74, 6) is 0.154. The molecule has 1 saturated heterocycles. The first kappa shape index (κ1) is 16.0. The van der Waals surface area contributed by atoms with Crippen LogP contribution in [0, 0.1) is 6.92 Å². The Morgan fingerprint density at radius 2 is 1.73 bits per heavy atom. The zero-order valence-corrected chi connectivity index (χ0v) is 12.4. The Balaban J connectivity index is 0.000000211. The zero-order chi connectivity index (χ0) is 16.0. The van der Waals surface area contributed by atoms with Crippen LogP contribution in [0.3, 0.4) is 0 Å². The van der Waals surface area contributed by atoms with Gasteiger partial charge in [0.25, 0.3) is 0 Å². The van der Waals surface area contributed by atoms with Crippen LogP contribution >= 0.6 is 0 Å². The SMILES string of the molecule is Cc1ccccc1C1(CO)CNNC1=O.Oc1ccccc1. The van der Waals surface area contributed by atoms with Crippen LogP contribution < -0.4 is 10.9 Å². The molecule has 0 saturated carbocycles. The predicted octanol–water partition coefficient (Wildman–Crippen LogP) is 1.25. The standard InChI is InChI=1S/C11H14N2O2.C6H6O/c1-8-4-2-3-5-9(8)11(7-14)6-12-13-10(11)15;7-6-4-2-1-3-5-6/h2-5,12,14H,6-7H2,1H3,(H,13,15);1-5,7H. The van der Waals surface area contributed by atoms with Gasteiger partial charge in [-0.3, -0.25) is 10.2 Å². The lowest BCUT2D eigenvalue weighted by atomic mass is 9.79. The van der Waals surface area contributed by atoms with Gasteiger partial charge >= 0.3 is 0 Å². The number of aliphatic hydroxyl groups excluding tert-OH is 1. The van der Waals surface area contributed by atoms with E-state index in [1.165, 1.54) is 0 Å². The van der Waals surface area contributed by atoms with Crippen LogP contribution in [0.25, 0.3) is 0 Å². The van der Waals surface area contributed by atoms with Gasteiger partial charge in [0.2, 0.25) is 5.91 Å². The Morgan fingerprint density at radius 1 is 1.09 bits per heavy atom. The molecule has 1 heterocycles. The molecule has 1 aliphatic heterocycles. The number of hydrazine groups is 1. The number of aromatic hydroxyl groups is 1. The highest BCUT2D eigenvalue weighted by molar-refractivity contribution is 5.90. The molecule has 0 radical (unpaired) electrons. The van der Waals surface area contributed by atoms with Crippen molar-refractivity contribution in [2.24, 2.45) is 0 Å². The second-order valence-corrected chi connectivity index (χ2v) is 5.20. The fourth-order valence-corrected chi connectivity index (χ4v) is 2.44. The van der Waals surface area contributed by atoms with Gasteiger partial charge in [0.15, 0.2) is 0 Å². The number of benzene rings is 2. The molecule has 116 valence electrons. The smallest absolute Gasteiger partial charge is 0.248 e. The number of hydrogen-bond donors (Lipinski definition) is 4. The molecule has 0 aromatic heterocycles. The molecule has 1 amide bonds. The summed E-state index contributed by atoms with van der Waals surface area (Å²) in [5, 5.41) is 18.1. The monoisotopic (exact) mass is 300 g/mol. The lowest BCUT2D eigenvalue weighted by Gasteiger charge is -2.24. The molecule has 0 bridgehead atoms. The lowest BCUT2D eigenvalue weighted by Crippen LogP contribution is -2.41.